The van der Waals surface area contributed by atoms with Crippen molar-refractivity contribution in [1.82, 2.24) is 0 Å². The summed E-state index contributed by atoms with van der Waals surface area (Å²) in [4.78, 5) is 0. The predicted octanol–water partition coefficient (Wildman–Crippen LogP) is 4.48. The standard InChI is InChI=1S/C12H22/c1-5-8-10-11(4)12(7-3)9-6-2/h7,10H,5-6,8-9H2,1-4H3/b11-10?,12-7-. The van der Waals surface area contributed by atoms with Crippen LogP contribution in [0.2, 0.25) is 0 Å². The van der Waals surface area contributed by atoms with Crippen LogP contribution in [0.3, 0.4) is 0 Å². The fourth-order valence-corrected chi connectivity index (χ4v) is 1.33. The molecule has 0 spiro atoms. The number of hydrogen-bond donors (Lipinski definition) is 0. The first-order valence-electron chi connectivity index (χ1n) is 5.08. The maximum Gasteiger partial charge on any atom is -0.0282 e. The summed E-state index contributed by atoms with van der Waals surface area (Å²) in [6.45, 7) is 8.81. The summed E-state index contributed by atoms with van der Waals surface area (Å²) in [5.41, 5.74) is 2.99. The molecule has 0 aliphatic rings. The van der Waals surface area contributed by atoms with Crippen LogP contribution in [0.15, 0.2) is 23.3 Å². The smallest absolute Gasteiger partial charge is 0.0282 e. The minimum absolute atomic E-state index is 1.22. The Morgan fingerprint density at radius 3 is 2.25 bits per heavy atom. The quantitative estimate of drug-likeness (QED) is 0.528. The first-order chi connectivity index (χ1) is 5.76. The van der Waals surface area contributed by atoms with E-state index in [1.165, 1.54) is 36.8 Å². The second-order valence-corrected chi connectivity index (χ2v) is 3.24. The predicted molar refractivity (Wildman–Crippen MR) is 57.3 cm³/mol. The number of rotatable bonds is 5. The van der Waals surface area contributed by atoms with E-state index < -0.39 is 0 Å². The molecule has 70 valence electrons. The van der Waals surface area contributed by atoms with E-state index in [0.717, 1.165) is 0 Å². The highest BCUT2D eigenvalue weighted by Gasteiger charge is 1.95. The largest absolute Gasteiger partial charge is 0.0842 e. The van der Waals surface area contributed by atoms with Crippen LogP contribution in [-0.4, -0.2) is 0 Å². The van der Waals surface area contributed by atoms with E-state index in [0.29, 0.717) is 0 Å². The molecule has 0 nitrogen and oxygen atoms in total. The minimum atomic E-state index is 1.22. The van der Waals surface area contributed by atoms with E-state index >= 15 is 0 Å². The second kappa shape index (κ2) is 7.15. The van der Waals surface area contributed by atoms with Gasteiger partial charge < -0.3 is 0 Å². The summed E-state index contributed by atoms with van der Waals surface area (Å²) in [5.74, 6) is 0. The third kappa shape index (κ3) is 4.38. The first-order valence-corrected chi connectivity index (χ1v) is 5.08. The lowest BCUT2D eigenvalue weighted by Crippen LogP contribution is -1.85. The zero-order chi connectivity index (χ0) is 9.40. The maximum absolute atomic E-state index is 2.35. The van der Waals surface area contributed by atoms with Crippen LogP contribution in [-0.2, 0) is 0 Å². The van der Waals surface area contributed by atoms with Gasteiger partial charge in [-0.15, -0.1) is 0 Å². The summed E-state index contributed by atoms with van der Waals surface area (Å²) in [5, 5.41) is 0. The Morgan fingerprint density at radius 1 is 1.17 bits per heavy atom. The van der Waals surface area contributed by atoms with Crippen molar-refractivity contribution in [3.05, 3.63) is 23.3 Å². The molecule has 0 rings (SSSR count). The van der Waals surface area contributed by atoms with E-state index in [2.05, 4.69) is 39.8 Å². The van der Waals surface area contributed by atoms with Gasteiger partial charge in [-0.25, -0.2) is 0 Å². The van der Waals surface area contributed by atoms with Gasteiger partial charge in [0.2, 0.25) is 0 Å². The van der Waals surface area contributed by atoms with Gasteiger partial charge in [-0.1, -0.05) is 44.4 Å². The van der Waals surface area contributed by atoms with Gasteiger partial charge in [0, 0.05) is 0 Å². The third-order valence-corrected chi connectivity index (χ3v) is 2.11. The third-order valence-electron chi connectivity index (χ3n) is 2.11. The molecule has 0 heterocycles. The van der Waals surface area contributed by atoms with Crippen molar-refractivity contribution in [2.45, 2.75) is 53.4 Å². The number of allylic oxidation sites excluding steroid dienone is 4. The maximum atomic E-state index is 2.35. The molecule has 0 aromatic heterocycles. The lowest BCUT2D eigenvalue weighted by Gasteiger charge is -2.05. The molecule has 0 saturated carbocycles. The second-order valence-electron chi connectivity index (χ2n) is 3.24. The number of hydrogen-bond acceptors (Lipinski definition) is 0. The zero-order valence-electron chi connectivity index (χ0n) is 8.98. The lowest BCUT2D eigenvalue weighted by atomic mass is 10.0. The molecule has 0 heteroatoms. The lowest BCUT2D eigenvalue weighted by molar-refractivity contribution is 0.896. The molecule has 0 aromatic rings. The Kier molecular flexibility index (Phi) is 6.84. The van der Waals surface area contributed by atoms with Gasteiger partial charge in [0.15, 0.2) is 0 Å². The fourth-order valence-electron chi connectivity index (χ4n) is 1.33. The van der Waals surface area contributed by atoms with Gasteiger partial charge in [0.05, 0.1) is 0 Å². The molecule has 12 heavy (non-hydrogen) atoms. The summed E-state index contributed by atoms with van der Waals surface area (Å²) in [6.07, 6.45) is 9.53. The Hall–Kier alpha value is -0.520. The van der Waals surface area contributed by atoms with E-state index in [9.17, 15) is 0 Å². The van der Waals surface area contributed by atoms with Crippen molar-refractivity contribution in [2.75, 3.05) is 0 Å². The van der Waals surface area contributed by atoms with Crippen LogP contribution >= 0.6 is 0 Å². The van der Waals surface area contributed by atoms with Crippen molar-refractivity contribution in [2.24, 2.45) is 0 Å². The van der Waals surface area contributed by atoms with Crippen molar-refractivity contribution in [3.63, 3.8) is 0 Å². The summed E-state index contributed by atoms with van der Waals surface area (Å²) in [7, 11) is 0. The van der Waals surface area contributed by atoms with Gasteiger partial charge in [0.25, 0.3) is 0 Å². The van der Waals surface area contributed by atoms with Crippen LogP contribution in [0.4, 0.5) is 0 Å². The zero-order valence-corrected chi connectivity index (χ0v) is 8.98. The Labute approximate surface area is 77.4 Å². The SMILES string of the molecule is C/C=C(/CCC)C(C)=CCCC. The molecule has 0 saturated heterocycles. The topological polar surface area (TPSA) is 0 Å². The first kappa shape index (κ1) is 11.5. The van der Waals surface area contributed by atoms with Crippen molar-refractivity contribution in [1.29, 1.82) is 0 Å². The average Bonchev–Trinajstić information content (AvgIpc) is 2.10. The van der Waals surface area contributed by atoms with Gasteiger partial charge in [-0.05, 0) is 32.3 Å². The highest BCUT2D eigenvalue weighted by molar-refractivity contribution is 5.28. The summed E-state index contributed by atoms with van der Waals surface area (Å²) in [6, 6.07) is 0. The Balaban J connectivity index is 4.11. The molecular weight excluding hydrogens is 144 g/mol. The molecule has 0 aliphatic heterocycles. The van der Waals surface area contributed by atoms with Crippen molar-refractivity contribution < 1.29 is 0 Å². The van der Waals surface area contributed by atoms with Gasteiger partial charge in [-0.3, -0.25) is 0 Å². The van der Waals surface area contributed by atoms with Crippen LogP contribution in [0, 0.1) is 0 Å². The van der Waals surface area contributed by atoms with E-state index in [1.807, 2.05) is 0 Å². The Morgan fingerprint density at radius 2 is 1.83 bits per heavy atom. The molecule has 0 fully saturated rings. The molecule has 0 atom stereocenters. The highest BCUT2D eigenvalue weighted by atomic mass is 14.0. The molecule has 0 radical (unpaired) electrons. The molecule has 0 aliphatic carbocycles. The van der Waals surface area contributed by atoms with Crippen LogP contribution in [0.1, 0.15) is 53.4 Å². The summed E-state index contributed by atoms with van der Waals surface area (Å²) >= 11 is 0. The summed E-state index contributed by atoms with van der Waals surface area (Å²) < 4.78 is 0. The Bertz CT molecular complexity index is 161. The molecule has 0 bridgehead atoms. The molecule has 0 N–H and O–H groups in total. The van der Waals surface area contributed by atoms with Crippen LogP contribution in [0.5, 0.6) is 0 Å². The molecule has 0 unspecified atom stereocenters. The fraction of sp³-hybridized carbons (Fsp3) is 0.667. The van der Waals surface area contributed by atoms with Crippen LogP contribution < -0.4 is 0 Å². The van der Waals surface area contributed by atoms with Gasteiger partial charge in [0.1, 0.15) is 0 Å². The van der Waals surface area contributed by atoms with Crippen LogP contribution in [0.25, 0.3) is 0 Å². The number of unbranched alkanes of at least 4 members (excludes halogenated alkanes) is 1. The minimum Gasteiger partial charge on any atom is -0.0842 e. The van der Waals surface area contributed by atoms with Crippen molar-refractivity contribution in [3.8, 4) is 0 Å². The highest BCUT2D eigenvalue weighted by Crippen LogP contribution is 2.16. The monoisotopic (exact) mass is 166 g/mol. The van der Waals surface area contributed by atoms with Gasteiger partial charge in [-0.2, -0.15) is 0 Å². The molecule has 0 amide bonds. The molecule has 0 aromatic carbocycles. The van der Waals surface area contributed by atoms with Gasteiger partial charge >= 0.3 is 0 Å². The van der Waals surface area contributed by atoms with E-state index in [-0.39, 0.29) is 0 Å². The van der Waals surface area contributed by atoms with E-state index in [1.54, 1.807) is 0 Å². The van der Waals surface area contributed by atoms with Crippen molar-refractivity contribution >= 4 is 0 Å². The normalized spacial score (nSPS) is 13.7. The molecular formula is C12H22. The van der Waals surface area contributed by atoms with E-state index in [4.69, 9.17) is 0 Å². The average molecular weight is 166 g/mol.